The van der Waals surface area contributed by atoms with Gasteiger partial charge in [-0.25, -0.2) is 38.7 Å². The van der Waals surface area contributed by atoms with Gasteiger partial charge in [0.1, 0.15) is 0 Å². The molecule has 0 atom stereocenters. The molecule has 0 radical (unpaired) electrons. The van der Waals surface area contributed by atoms with Gasteiger partial charge in [0.15, 0.2) is 0 Å². The third-order valence-electron chi connectivity index (χ3n) is 0.236. The first-order chi connectivity index (χ1) is 3.33. The van der Waals surface area contributed by atoms with Crippen molar-refractivity contribution in [1.29, 1.82) is 0 Å². The Hall–Kier alpha value is -0.286. The summed E-state index contributed by atoms with van der Waals surface area (Å²) < 4.78 is 0. The van der Waals surface area contributed by atoms with Crippen LogP contribution in [0.5, 0.6) is 0 Å². The minimum atomic E-state index is 0. The van der Waals surface area contributed by atoms with Crippen LogP contribution in [0.15, 0.2) is 24.8 Å². The van der Waals surface area contributed by atoms with Gasteiger partial charge in [-0.1, -0.05) is 0 Å². The Morgan fingerprint density at radius 1 is 1.38 bits per heavy atom. The Morgan fingerprint density at radius 3 is 1.50 bits per heavy atom. The van der Waals surface area contributed by atoms with Crippen LogP contribution in [0.1, 0.15) is 6.92 Å². The molecule has 0 spiro atoms. The van der Waals surface area contributed by atoms with Gasteiger partial charge in [0.05, 0.1) is 0 Å². The summed E-state index contributed by atoms with van der Waals surface area (Å²) in [7, 11) is 0. The number of hydrogen-bond acceptors (Lipinski definition) is 0. The summed E-state index contributed by atoms with van der Waals surface area (Å²) in [6.07, 6.45) is 5.14. The summed E-state index contributed by atoms with van der Waals surface area (Å²) in [6.45, 7) is 11.9. The molecular weight excluding hydrogens is 143 g/mol. The average Bonchev–Trinajstić information content (AvgIpc) is 1.69. The summed E-state index contributed by atoms with van der Waals surface area (Å²) in [4.78, 5) is 0. The second kappa shape index (κ2) is 29.8. The van der Waals surface area contributed by atoms with Gasteiger partial charge in [-0.3, -0.25) is 0 Å². The van der Waals surface area contributed by atoms with E-state index in [-0.39, 0.29) is 16.5 Å². The van der Waals surface area contributed by atoms with Crippen molar-refractivity contribution in [1.82, 2.24) is 0 Å². The van der Waals surface area contributed by atoms with Gasteiger partial charge in [-0.15, -0.1) is 6.92 Å². The van der Waals surface area contributed by atoms with E-state index in [2.05, 4.69) is 20.4 Å². The van der Waals surface area contributed by atoms with Gasteiger partial charge in [-0.05, 0) is 0 Å². The van der Waals surface area contributed by atoms with Gasteiger partial charge >= 0.3 is 16.5 Å². The van der Waals surface area contributed by atoms with Crippen LogP contribution in [-0.4, -0.2) is 0 Å². The van der Waals surface area contributed by atoms with Crippen LogP contribution in [0.2, 0.25) is 0 Å². The van der Waals surface area contributed by atoms with E-state index < -0.39 is 0 Å². The smallest absolute Gasteiger partial charge is 0.245 e. The average molecular weight is 155 g/mol. The van der Waals surface area contributed by atoms with Gasteiger partial charge in [-0.2, -0.15) is 0 Å². The van der Waals surface area contributed by atoms with Crippen molar-refractivity contribution in [3.05, 3.63) is 38.7 Å². The van der Waals surface area contributed by atoms with Crippen molar-refractivity contribution in [2.75, 3.05) is 0 Å². The maximum Gasteiger partial charge on any atom is 2.00 e. The summed E-state index contributed by atoms with van der Waals surface area (Å²) in [6, 6.07) is 0. The molecule has 0 aromatic rings. The van der Waals surface area contributed by atoms with Gasteiger partial charge in [0, 0.05) is 0 Å². The molecule has 0 saturated carbocycles. The third kappa shape index (κ3) is 249. The maximum atomic E-state index is 3.42. The molecular formula is C7H12Ni. The Kier molecular flexibility index (Phi) is 58.2. The Morgan fingerprint density at radius 2 is 1.50 bits per heavy atom. The van der Waals surface area contributed by atoms with Crippen LogP contribution in [0.4, 0.5) is 0 Å². The van der Waals surface area contributed by atoms with Crippen LogP contribution in [0, 0.1) is 13.8 Å². The molecule has 0 rings (SSSR count). The van der Waals surface area contributed by atoms with E-state index in [1.807, 2.05) is 13.0 Å². The van der Waals surface area contributed by atoms with Crippen LogP contribution in [0.3, 0.4) is 0 Å². The van der Waals surface area contributed by atoms with Crippen molar-refractivity contribution in [2.24, 2.45) is 0 Å². The maximum absolute atomic E-state index is 3.42. The van der Waals surface area contributed by atoms with Crippen molar-refractivity contribution < 1.29 is 16.5 Å². The predicted molar refractivity (Wildman–Crippen MR) is 35.7 cm³/mol. The number of hydrogen-bond donors (Lipinski definition) is 0. The molecule has 0 aliphatic carbocycles. The standard InChI is InChI=1S/C4H7.C3H5.Ni/c1-3-4-2;1-3-2;/h3-4H,1H2,2H3;3H,1-2H2;/q2*-1;+2. The van der Waals surface area contributed by atoms with Crippen LogP contribution in [-0.2, 0) is 16.5 Å². The molecule has 0 bridgehead atoms. The van der Waals surface area contributed by atoms with Crippen molar-refractivity contribution in [3.63, 3.8) is 0 Å². The first-order valence-electron chi connectivity index (χ1n) is 2.14. The molecule has 0 aromatic carbocycles. The molecule has 0 fully saturated rings. The molecule has 8 heavy (non-hydrogen) atoms. The minimum Gasteiger partial charge on any atom is -0.245 e. The third-order valence-corrected chi connectivity index (χ3v) is 0.236. The van der Waals surface area contributed by atoms with Gasteiger partial charge in [0.2, 0.25) is 0 Å². The molecule has 0 amide bonds. The molecule has 0 nitrogen and oxygen atoms in total. The Balaban J connectivity index is -0.0000000575. The summed E-state index contributed by atoms with van der Waals surface area (Å²) in [5, 5.41) is 0. The molecule has 0 aromatic heterocycles. The fourth-order valence-corrected chi connectivity index (χ4v) is 0. The van der Waals surface area contributed by atoms with Crippen LogP contribution < -0.4 is 0 Å². The first kappa shape index (κ1) is 15.6. The van der Waals surface area contributed by atoms with Crippen LogP contribution >= 0.6 is 0 Å². The first-order valence-corrected chi connectivity index (χ1v) is 2.14. The molecule has 1 heteroatoms. The molecule has 0 aliphatic rings. The van der Waals surface area contributed by atoms with Crippen molar-refractivity contribution in [2.45, 2.75) is 6.92 Å². The van der Waals surface area contributed by atoms with E-state index in [0.29, 0.717) is 0 Å². The Labute approximate surface area is 62.6 Å². The van der Waals surface area contributed by atoms with Crippen LogP contribution in [0.25, 0.3) is 0 Å². The molecule has 50 valence electrons. The summed E-state index contributed by atoms with van der Waals surface area (Å²) in [5.41, 5.74) is 0. The van der Waals surface area contributed by atoms with E-state index in [1.54, 1.807) is 6.08 Å². The second-order valence-corrected chi connectivity index (χ2v) is 0.858. The molecule has 0 heterocycles. The van der Waals surface area contributed by atoms with Gasteiger partial charge in [0.25, 0.3) is 0 Å². The molecule has 0 unspecified atom stereocenters. The zero-order chi connectivity index (χ0) is 6.12. The fraction of sp³-hybridized carbons (Fsp3) is 0.143. The van der Waals surface area contributed by atoms with Crippen molar-refractivity contribution in [3.8, 4) is 0 Å². The second-order valence-electron chi connectivity index (χ2n) is 0.858. The van der Waals surface area contributed by atoms with E-state index in [4.69, 9.17) is 0 Å². The molecule has 0 N–H and O–H groups in total. The number of allylic oxidation sites excluding steroid dienone is 3. The predicted octanol–water partition coefficient (Wildman–Crippen LogP) is 2.40. The topological polar surface area (TPSA) is 0 Å². The molecule has 0 aliphatic heterocycles. The van der Waals surface area contributed by atoms with E-state index in [1.165, 1.54) is 6.08 Å². The SMILES string of the molecule is C=C[CH2-].[CH2-]C=CC.[Ni+2]. The zero-order valence-electron chi connectivity index (χ0n) is 5.17. The monoisotopic (exact) mass is 154 g/mol. The van der Waals surface area contributed by atoms with E-state index in [9.17, 15) is 0 Å². The van der Waals surface area contributed by atoms with Crippen molar-refractivity contribution >= 4 is 0 Å². The number of rotatable bonds is 0. The van der Waals surface area contributed by atoms with Gasteiger partial charge < -0.3 is 0 Å². The zero-order valence-corrected chi connectivity index (χ0v) is 6.16. The molecule has 0 saturated heterocycles. The van der Waals surface area contributed by atoms with E-state index >= 15 is 0 Å². The largest absolute Gasteiger partial charge is 2.00 e. The van der Waals surface area contributed by atoms with E-state index in [0.717, 1.165) is 0 Å². The Bertz CT molecular complexity index is 42.3. The quantitative estimate of drug-likeness (QED) is 0.372. The fourth-order valence-electron chi connectivity index (χ4n) is 0. The summed E-state index contributed by atoms with van der Waals surface area (Å²) >= 11 is 0. The summed E-state index contributed by atoms with van der Waals surface area (Å²) in [5.74, 6) is 0. The normalized spacial score (nSPS) is 6.12. The minimum absolute atomic E-state index is 0.